The van der Waals surface area contributed by atoms with Crippen molar-refractivity contribution in [2.75, 3.05) is 25.7 Å². The zero-order chi connectivity index (χ0) is 21.5. The molecule has 3 rings (SSSR count). The number of hydrogen-bond acceptors (Lipinski definition) is 6. The zero-order valence-electron chi connectivity index (χ0n) is 17.3. The van der Waals surface area contributed by atoms with E-state index in [0.29, 0.717) is 28.9 Å². The molecule has 0 atom stereocenters. The molecule has 0 bridgehead atoms. The van der Waals surface area contributed by atoms with E-state index in [9.17, 15) is 4.79 Å². The number of rotatable bonds is 9. The summed E-state index contributed by atoms with van der Waals surface area (Å²) >= 11 is 1.38. The maximum atomic E-state index is 12.7. The molecule has 2 aromatic carbocycles. The molecule has 0 N–H and O–H groups in total. The lowest BCUT2D eigenvalue weighted by molar-refractivity contribution is -0.113. The van der Waals surface area contributed by atoms with E-state index in [1.807, 2.05) is 42.6 Å². The number of thiazole rings is 1. The summed E-state index contributed by atoms with van der Waals surface area (Å²) in [4.78, 5) is 18.9. The minimum absolute atomic E-state index is 0.282. The molecule has 1 amide bonds. The van der Waals surface area contributed by atoms with Gasteiger partial charge in [-0.05, 0) is 48.9 Å². The van der Waals surface area contributed by atoms with Gasteiger partial charge in [0.1, 0.15) is 5.75 Å². The number of ether oxygens (including phenoxy) is 3. The van der Waals surface area contributed by atoms with Gasteiger partial charge in [0.25, 0.3) is 5.91 Å². The number of benzene rings is 2. The van der Waals surface area contributed by atoms with Crippen molar-refractivity contribution in [3.8, 4) is 28.5 Å². The first-order valence-electron chi connectivity index (χ1n) is 9.48. The average Bonchev–Trinajstić information content (AvgIpc) is 3.27. The molecule has 0 saturated heterocycles. The minimum Gasteiger partial charge on any atom is -0.497 e. The molecule has 0 aliphatic carbocycles. The van der Waals surface area contributed by atoms with Crippen LogP contribution in [-0.2, 0) is 4.79 Å². The van der Waals surface area contributed by atoms with Gasteiger partial charge >= 0.3 is 0 Å². The summed E-state index contributed by atoms with van der Waals surface area (Å²) in [5.74, 6) is 1.67. The van der Waals surface area contributed by atoms with Gasteiger partial charge in [0, 0.05) is 17.0 Å². The second-order valence-corrected chi connectivity index (χ2v) is 7.14. The highest BCUT2D eigenvalue weighted by Gasteiger charge is 2.21. The van der Waals surface area contributed by atoms with Crippen LogP contribution in [0.15, 0.2) is 60.5 Å². The fourth-order valence-electron chi connectivity index (χ4n) is 2.81. The Balaban J connectivity index is 1.96. The Bertz CT molecular complexity index is 1010. The summed E-state index contributed by atoms with van der Waals surface area (Å²) in [7, 11) is 3.20. The van der Waals surface area contributed by atoms with Crippen LogP contribution >= 0.6 is 11.3 Å². The van der Waals surface area contributed by atoms with Crippen molar-refractivity contribution in [1.82, 2.24) is 4.98 Å². The van der Waals surface area contributed by atoms with Crippen LogP contribution in [0.5, 0.6) is 17.2 Å². The Hall–Kier alpha value is -3.32. The Kier molecular flexibility index (Phi) is 7.08. The lowest BCUT2D eigenvalue weighted by Gasteiger charge is -2.20. The Morgan fingerprint density at radius 2 is 1.90 bits per heavy atom. The fraction of sp³-hybridized carbons (Fsp3) is 0.217. The number of amides is 1. The molecule has 0 aliphatic rings. The normalized spacial score (nSPS) is 10.4. The van der Waals surface area contributed by atoms with E-state index in [-0.39, 0.29) is 5.91 Å². The first-order valence-corrected chi connectivity index (χ1v) is 10.4. The van der Waals surface area contributed by atoms with Crippen LogP contribution in [0.4, 0.5) is 10.8 Å². The SMILES string of the molecule is C=CC(=O)N(c1ccc(OCCC)c(OC)c1)c1nc(-c2ccc(OC)cc2)cs1. The molecule has 0 unspecified atom stereocenters. The maximum Gasteiger partial charge on any atom is 0.256 e. The summed E-state index contributed by atoms with van der Waals surface area (Å²) in [6.07, 6.45) is 2.15. The van der Waals surface area contributed by atoms with E-state index in [0.717, 1.165) is 23.4 Å². The third-order valence-corrected chi connectivity index (χ3v) is 5.16. The molecule has 1 heterocycles. The first kappa shape index (κ1) is 21.4. The van der Waals surface area contributed by atoms with E-state index in [1.165, 1.54) is 22.3 Å². The van der Waals surface area contributed by atoms with E-state index in [2.05, 4.69) is 11.6 Å². The van der Waals surface area contributed by atoms with Gasteiger partial charge in [0.15, 0.2) is 16.6 Å². The van der Waals surface area contributed by atoms with Crippen LogP contribution in [0.25, 0.3) is 11.3 Å². The molecule has 6 nitrogen and oxygen atoms in total. The van der Waals surface area contributed by atoms with Crippen molar-refractivity contribution in [1.29, 1.82) is 0 Å². The number of carbonyl (C=O) groups excluding carboxylic acids is 1. The van der Waals surface area contributed by atoms with Gasteiger partial charge in [-0.3, -0.25) is 9.69 Å². The zero-order valence-corrected chi connectivity index (χ0v) is 18.1. The third kappa shape index (κ3) is 4.63. The monoisotopic (exact) mass is 424 g/mol. The molecule has 0 fully saturated rings. The second kappa shape index (κ2) is 9.93. The van der Waals surface area contributed by atoms with Crippen molar-refractivity contribution in [3.05, 3.63) is 60.5 Å². The predicted octanol–water partition coefficient (Wildman–Crippen LogP) is 5.47. The molecule has 0 spiro atoms. The number of carbonyl (C=O) groups is 1. The van der Waals surface area contributed by atoms with E-state index in [4.69, 9.17) is 14.2 Å². The van der Waals surface area contributed by atoms with Crippen LogP contribution in [0.1, 0.15) is 13.3 Å². The van der Waals surface area contributed by atoms with Crippen molar-refractivity contribution >= 4 is 28.1 Å². The summed E-state index contributed by atoms with van der Waals surface area (Å²) in [6.45, 7) is 6.25. The van der Waals surface area contributed by atoms with Gasteiger partial charge in [-0.25, -0.2) is 4.98 Å². The molecule has 156 valence electrons. The van der Waals surface area contributed by atoms with Gasteiger partial charge in [-0.2, -0.15) is 0 Å². The van der Waals surface area contributed by atoms with E-state index in [1.54, 1.807) is 26.4 Å². The first-order chi connectivity index (χ1) is 14.6. The average molecular weight is 425 g/mol. The number of methoxy groups -OCH3 is 2. The van der Waals surface area contributed by atoms with Gasteiger partial charge < -0.3 is 14.2 Å². The standard InChI is InChI=1S/C23H24N2O4S/c1-5-13-29-20-12-9-17(14-21(20)28-4)25(22(26)6-2)23-24-19(15-30-23)16-7-10-18(27-3)11-8-16/h6-12,14-15H,2,5,13H2,1,3-4H3. The molecule has 3 aromatic rings. The van der Waals surface area contributed by atoms with Crippen LogP contribution in [0.3, 0.4) is 0 Å². The molecular formula is C23H24N2O4S. The van der Waals surface area contributed by atoms with Crippen LogP contribution in [0, 0.1) is 0 Å². The highest BCUT2D eigenvalue weighted by atomic mass is 32.1. The van der Waals surface area contributed by atoms with Crippen molar-refractivity contribution < 1.29 is 19.0 Å². The topological polar surface area (TPSA) is 60.9 Å². The van der Waals surface area contributed by atoms with Crippen molar-refractivity contribution in [2.45, 2.75) is 13.3 Å². The van der Waals surface area contributed by atoms with E-state index < -0.39 is 0 Å². The predicted molar refractivity (Wildman–Crippen MR) is 120 cm³/mol. The van der Waals surface area contributed by atoms with Gasteiger partial charge in [-0.15, -0.1) is 11.3 Å². The van der Waals surface area contributed by atoms with Gasteiger partial charge in [-0.1, -0.05) is 13.5 Å². The molecule has 0 saturated carbocycles. The summed E-state index contributed by atoms with van der Waals surface area (Å²) in [6, 6.07) is 13.0. The fourth-order valence-corrected chi connectivity index (χ4v) is 3.67. The van der Waals surface area contributed by atoms with Crippen molar-refractivity contribution in [2.24, 2.45) is 0 Å². The highest BCUT2D eigenvalue weighted by Crippen LogP contribution is 2.37. The Morgan fingerprint density at radius 3 is 2.53 bits per heavy atom. The van der Waals surface area contributed by atoms with Gasteiger partial charge in [0.2, 0.25) is 0 Å². The van der Waals surface area contributed by atoms with Crippen molar-refractivity contribution in [3.63, 3.8) is 0 Å². The molecule has 1 aromatic heterocycles. The Morgan fingerprint density at radius 1 is 1.13 bits per heavy atom. The molecule has 7 heteroatoms. The smallest absolute Gasteiger partial charge is 0.256 e. The van der Waals surface area contributed by atoms with E-state index >= 15 is 0 Å². The van der Waals surface area contributed by atoms with Crippen LogP contribution in [-0.4, -0.2) is 31.7 Å². The Labute approximate surface area is 180 Å². The lowest BCUT2D eigenvalue weighted by atomic mass is 10.2. The number of aromatic nitrogens is 1. The third-order valence-electron chi connectivity index (χ3n) is 4.33. The quantitative estimate of drug-likeness (QED) is 0.427. The summed E-state index contributed by atoms with van der Waals surface area (Å²) in [5.41, 5.74) is 2.33. The maximum absolute atomic E-state index is 12.7. The molecule has 0 aliphatic heterocycles. The minimum atomic E-state index is -0.282. The van der Waals surface area contributed by atoms with Crippen LogP contribution in [0.2, 0.25) is 0 Å². The molecule has 30 heavy (non-hydrogen) atoms. The lowest BCUT2D eigenvalue weighted by Crippen LogP contribution is -2.23. The summed E-state index contributed by atoms with van der Waals surface area (Å²) < 4.78 is 16.4. The molecule has 0 radical (unpaired) electrons. The largest absolute Gasteiger partial charge is 0.497 e. The summed E-state index contributed by atoms with van der Waals surface area (Å²) in [5, 5.41) is 2.45. The molecular weight excluding hydrogens is 400 g/mol. The van der Waals surface area contributed by atoms with Gasteiger partial charge in [0.05, 0.1) is 32.2 Å². The highest BCUT2D eigenvalue weighted by molar-refractivity contribution is 7.14. The number of hydrogen-bond donors (Lipinski definition) is 0. The second-order valence-electron chi connectivity index (χ2n) is 6.31. The number of anilines is 2. The number of nitrogens with zero attached hydrogens (tertiary/aromatic N) is 2. The van der Waals surface area contributed by atoms with Crippen LogP contribution < -0.4 is 19.1 Å².